The summed E-state index contributed by atoms with van der Waals surface area (Å²) in [5.74, 6) is 0.605. The zero-order chi connectivity index (χ0) is 12.7. The van der Waals surface area contributed by atoms with Crippen molar-refractivity contribution in [2.45, 2.75) is 45.1 Å². The molecule has 0 aliphatic heterocycles. The highest BCUT2D eigenvalue weighted by atomic mass is 14.9. The van der Waals surface area contributed by atoms with Crippen LogP contribution in [0.15, 0.2) is 18.2 Å². The molecule has 18 heavy (non-hydrogen) atoms. The summed E-state index contributed by atoms with van der Waals surface area (Å²) in [6.45, 7) is 4.52. The largest absolute Gasteiger partial charge is 0.358 e. The summed E-state index contributed by atoms with van der Waals surface area (Å²) in [4.78, 5) is 3.61. The Hall–Kier alpha value is -1.28. The van der Waals surface area contributed by atoms with Crippen LogP contribution in [0.4, 0.5) is 0 Å². The van der Waals surface area contributed by atoms with Gasteiger partial charge in [0.1, 0.15) is 0 Å². The first-order valence-corrected chi connectivity index (χ1v) is 6.99. The van der Waals surface area contributed by atoms with E-state index in [1.807, 2.05) is 0 Å². The number of aryl methyl sites for hydroxylation is 1. The Bertz CT molecular complexity index is 566. The number of nitrogens with one attached hydrogen (secondary N) is 2. The molecule has 1 aliphatic carbocycles. The molecule has 2 nitrogen and oxygen atoms in total. The van der Waals surface area contributed by atoms with Gasteiger partial charge in [0.05, 0.1) is 0 Å². The highest BCUT2D eigenvalue weighted by Gasteiger charge is 2.21. The van der Waals surface area contributed by atoms with Crippen molar-refractivity contribution in [1.82, 2.24) is 10.3 Å². The lowest BCUT2D eigenvalue weighted by Crippen LogP contribution is -2.31. The lowest BCUT2D eigenvalue weighted by Gasteiger charge is -2.21. The molecule has 1 atom stereocenters. The standard InChI is InChI=1S/C16H22N2/c1-10(2)11-4-7-15-14(8-11)13-6-5-12(17-3)9-16(13)18-15/h4,7-8,10,12,17-18H,5-6,9H2,1-3H3. The minimum Gasteiger partial charge on any atom is -0.358 e. The van der Waals surface area contributed by atoms with Crippen LogP contribution in [0, 0.1) is 0 Å². The van der Waals surface area contributed by atoms with Gasteiger partial charge >= 0.3 is 0 Å². The first-order chi connectivity index (χ1) is 8.69. The third kappa shape index (κ3) is 1.85. The summed E-state index contributed by atoms with van der Waals surface area (Å²) in [7, 11) is 2.06. The molecule has 2 heteroatoms. The van der Waals surface area contributed by atoms with E-state index in [4.69, 9.17) is 0 Å². The smallest absolute Gasteiger partial charge is 0.0459 e. The summed E-state index contributed by atoms with van der Waals surface area (Å²) in [6, 6.07) is 7.52. The molecular formula is C16H22N2. The van der Waals surface area contributed by atoms with E-state index in [1.54, 1.807) is 5.56 Å². The molecule has 3 rings (SSSR count). The Kier molecular flexibility index (Phi) is 2.90. The first kappa shape index (κ1) is 11.8. The van der Waals surface area contributed by atoms with Crippen LogP contribution in [-0.4, -0.2) is 18.1 Å². The van der Waals surface area contributed by atoms with Gasteiger partial charge in [0.25, 0.3) is 0 Å². The van der Waals surface area contributed by atoms with Crippen LogP contribution in [0.1, 0.15) is 43.0 Å². The van der Waals surface area contributed by atoms with Gasteiger partial charge in [-0.2, -0.15) is 0 Å². The second-order valence-electron chi connectivity index (χ2n) is 5.77. The fraction of sp³-hybridized carbons (Fsp3) is 0.500. The van der Waals surface area contributed by atoms with Crippen LogP contribution >= 0.6 is 0 Å². The van der Waals surface area contributed by atoms with Crippen molar-refractivity contribution in [3.05, 3.63) is 35.0 Å². The van der Waals surface area contributed by atoms with Gasteiger partial charge in [0.2, 0.25) is 0 Å². The average molecular weight is 242 g/mol. The van der Waals surface area contributed by atoms with Crippen molar-refractivity contribution < 1.29 is 0 Å². The average Bonchev–Trinajstić information content (AvgIpc) is 2.74. The fourth-order valence-electron chi connectivity index (χ4n) is 3.05. The molecule has 0 spiro atoms. The Labute approximate surface area is 109 Å². The molecule has 96 valence electrons. The van der Waals surface area contributed by atoms with E-state index >= 15 is 0 Å². The minimum absolute atomic E-state index is 0.605. The second kappa shape index (κ2) is 4.43. The lowest BCUT2D eigenvalue weighted by molar-refractivity contribution is 0.493. The number of aromatic nitrogens is 1. The van der Waals surface area contributed by atoms with Crippen LogP contribution < -0.4 is 5.32 Å². The summed E-state index contributed by atoms with van der Waals surface area (Å²) in [5, 5.41) is 4.85. The van der Waals surface area contributed by atoms with E-state index in [9.17, 15) is 0 Å². The topological polar surface area (TPSA) is 27.8 Å². The highest BCUT2D eigenvalue weighted by Crippen LogP contribution is 2.31. The molecule has 1 unspecified atom stereocenters. The predicted molar refractivity (Wildman–Crippen MR) is 77.3 cm³/mol. The molecule has 0 saturated heterocycles. The minimum atomic E-state index is 0.605. The zero-order valence-electron chi connectivity index (χ0n) is 11.5. The Morgan fingerprint density at radius 1 is 1.33 bits per heavy atom. The Morgan fingerprint density at radius 3 is 2.89 bits per heavy atom. The number of benzene rings is 1. The quantitative estimate of drug-likeness (QED) is 0.830. The van der Waals surface area contributed by atoms with E-state index in [1.165, 1.54) is 35.0 Å². The van der Waals surface area contributed by atoms with Crippen molar-refractivity contribution in [3.63, 3.8) is 0 Å². The summed E-state index contributed by atoms with van der Waals surface area (Å²) < 4.78 is 0. The van der Waals surface area contributed by atoms with E-state index in [0.29, 0.717) is 12.0 Å². The van der Waals surface area contributed by atoms with Crippen molar-refractivity contribution >= 4 is 10.9 Å². The van der Waals surface area contributed by atoms with E-state index < -0.39 is 0 Å². The van der Waals surface area contributed by atoms with Crippen molar-refractivity contribution in [2.24, 2.45) is 0 Å². The van der Waals surface area contributed by atoms with Gasteiger partial charge < -0.3 is 10.3 Å². The van der Waals surface area contributed by atoms with E-state index in [-0.39, 0.29) is 0 Å². The molecule has 2 aromatic rings. The molecule has 0 radical (unpaired) electrons. The van der Waals surface area contributed by atoms with Gasteiger partial charge in [0, 0.05) is 29.1 Å². The number of hydrogen-bond donors (Lipinski definition) is 2. The van der Waals surface area contributed by atoms with Crippen LogP contribution in [0.2, 0.25) is 0 Å². The molecule has 0 saturated carbocycles. The Morgan fingerprint density at radius 2 is 2.17 bits per heavy atom. The summed E-state index contributed by atoms with van der Waals surface area (Å²) >= 11 is 0. The van der Waals surface area contributed by atoms with Gasteiger partial charge in [-0.3, -0.25) is 0 Å². The Balaban J connectivity index is 2.08. The molecule has 1 aliphatic rings. The van der Waals surface area contributed by atoms with Crippen LogP contribution in [0.3, 0.4) is 0 Å². The van der Waals surface area contributed by atoms with Crippen molar-refractivity contribution in [1.29, 1.82) is 0 Å². The number of likely N-dealkylation sites (N-methyl/N-ethyl adjacent to an activating group) is 1. The van der Waals surface area contributed by atoms with Crippen molar-refractivity contribution in [2.75, 3.05) is 7.05 Å². The molecule has 0 bridgehead atoms. The molecule has 1 aromatic heterocycles. The predicted octanol–water partition coefficient (Wildman–Crippen LogP) is 3.37. The van der Waals surface area contributed by atoms with E-state index in [2.05, 4.69) is 49.4 Å². The fourth-order valence-corrected chi connectivity index (χ4v) is 3.05. The summed E-state index contributed by atoms with van der Waals surface area (Å²) in [6.07, 6.45) is 3.59. The molecule has 1 aromatic carbocycles. The third-order valence-corrected chi connectivity index (χ3v) is 4.29. The lowest BCUT2D eigenvalue weighted by atomic mass is 9.91. The van der Waals surface area contributed by atoms with Gasteiger partial charge in [-0.15, -0.1) is 0 Å². The zero-order valence-corrected chi connectivity index (χ0v) is 11.5. The number of H-pyrrole nitrogens is 1. The maximum absolute atomic E-state index is 3.61. The van der Waals surface area contributed by atoms with Crippen LogP contribution in [0.5, 0.6) is 0 Å². The molecule has 0 fully saturated rings. The maximum atomic E-state index is 3.61. The van der Waals surface area contributed by atoms with Crippen molar-refractivity contribution in [3.8, 4) is 0 Å². The first-order valence-electron chi connectivity index (χ1n) is 6.99. The number of fused-ring (bicyclic) bond motifs is 3. The maximum Gasteiger partial charge on any atom is 0.0459 e. The van der Waals surface area contributed by atoms with Crippen LogP contribution in [0.25, 0.3) is 10.9 Å². The summed E-state index contributed by atoms with van der Waals surface area (Å²) in [5.41, 5.74) is 5.75. The molecule has 1 heterocycles. The monoisotopic (exact) mass is 242 g/mol. The SMILES string of the molecule is CNC1CCc2c([nH]c3ccc(C(C)C)cc23)C1. The van der Waals surface area contributed by atoms with Gasteiger partial charge in [-0.1, -0.05) is 19.9 Å². The number of aromatic amines is 1. The van der Waals surface area contributed by atoms with Gasteiger partial charge in [-0.25, -0.2) is 0 Å². The second-order valence-corrected chi connectivity index (χ2v) is 5.77. The van der Waals surface area contributed by atoms with Gasteiger partial charge in [-0.05, 0) is 49.1 Å². The normalized spacial score (nSPS) is 19.4. The van der Waals surface area contributed by atoms with E-state index in [0.717, 1.165) is 6.42 Å². The van der Waals surface area contributed by atoms with Crippen LogP contribution in [-0.2, 0) is 12.8 Å². The molecular weight excluding hydrogens is 220 g/mol. The van der Waals surface area contributed by atoms with Gasteiger partial charge in [0.15, 0.2) is 0 Å². The number of hydrogen-bond acceptors (Lipinski definition) is 1. The third-order valence-electron chi connectivity index (χ3n) is 4.29. The molecule has 0 amide bonds. The molecule has 2 N–H and O–H groups in total. The highest BCUT2D eigenvalue weighted by molar-refractivity contribution is 5.85. The number of rotatable bonds is 2.